The Morgan fingerprint density at radius 2 is 1.29 bits per heavy atom. The Morgan fingerprint density at radius 1 is 1.14 bits per heavy atom. The summed E-state index contributed by atoms with van der Waals surface area (Å²) in [6.45, 7) is 13.8. The van der Waals surface area contributed by atoms with Crippen LogP contribution in [-0.4, -0.2) is 0 Å². The zero-order valence-corrected chi connectivity index (χ0v) is 4.95. The summed E-state index contributed by atoms with van der Waals surface area (Å²) < 4.78 is 0. The molecule has 0 bridgehead atoms. The van der Waals surface area contributed by atoms with Gasteiger partial charge < -0.3 is 6.92 Å². The fraction of sp³-hybridized carbons (Fsp3) is 0.429. The molecule has 7 heavy (non-hydrogen) atoms. The summed E-state index contributed by atoms with van der Waals surface area (Å²) in [4.78, 5) is 0. The maximum absolute atomic E-state index is 3.54. The van der Waals surface area contributed by atoms with Gasteiger partial charge in [-0.1, -0.05) is 0 Å². The highest BCUT2D eigenvalue weighted by Gasteiger charge is 1.57. The quantitative estimate of drug-likeness (QED) is 0.442. The molecule has 0 aromatic heterocycles. The maximum atomic E-state index is 3.54. The van der Waals surface area contributed by atoms with Gasteiger partial charge in [-0.2, -0.15) is 0 Å². The SMILES string of the molecule is [CH2+]CC[CH2-].[CH2+]C[CH2-]. The second kappa shape index (κ2) is 17.2. The van der Waals surface area contributed by atoms with E-state index in [4.69, 9.17) is 0 Å². The average Bonchev–Trinajstić information content (AvgIpc) is 1.69. The second-order valence-electron chi connectivity index (χ2n) is 1.06. The molecule has 0 aromatic rings. The van der Waals surface area contributed by atoms with E-state index >= 15 is 0 Å². The molecule has 0 aliphatic heterocycles. The van der Waals surface area contributed by atoms with Crippen molar-refractivity contribution < 1.29 is 0 Å². The highest BCUT2D eigenvalue weighted by molar-refractivity contribution is 4.38. The summed E-state index contributed by atoms with van der Waals surface area (Å²) in [5.41, 5.74) is 0. The van der Waals surface area contributed by atoms with Crippen LogP contribution in [0.1, 0.15) is 19.3 Å². The van der Waals surface area contributed by atoms with E-state index in [1.165, 1.54) is 0 Å². The number of rotatable bonds is 1. The second-order valence-corrected chi connectivity index (χ2v) is 1.06. The molecule has 0 heteroatoms. The lowest BCUT2D eigenvalue weighted by atomic mass is 10.4. The zero-order valence-electron chi connectivity index (χ0n) is 4.95. The molecule has 0 radical (unpaired) electrons. The topological polar surface area (TPSA) is 0 Å². The molecule has 0 nitrogen and oxygen atoms in total. The van der Waals surface area contributed by atoms with Crippen LogP contribution in [0.25, 0.3) is 0 Å². The Morgan fingerprint density at radius 3 is 1.29 bits per heavy atom. The smallest absolute Gasteiger partial charge is 0.0587 e. The molecule has 0 saturated carbocycles. The van der Waals surface area contributed by atoms with Gasteiger partial charge in [0.25, 0.3) is 0 Å². The third kappa shape index (κ3) is 147. The Balaban J connectivity index is 0. The van der Waals surface area contributed by atoms with Gasteiger partial charge in [0.2, 0.25) is 0 Å². The van der Waals surface area contributed by atoms with Crippen LogP contribution < -0.4 is 0 Å². The predicted octanol–water partition coefficient (Wildman–Crippen LogP) is 2.48. The molecule has 0 aromatic carbocycles. The third-order valence-electron chi connectivity index (χ3n) is 0.250. The van der Waals surface area contributed by atoms with Gasteiger partial charge in [-0.15, -0.1) is 6.42 Å². The summed E-state index contributed by atoms with van der Waals surface area (Å²) >= 11 is 0. The van der Waals surface area contributed by atoms with Crippen LogP contribution in [0.15, 0.2) is 0 Å². The molecular weight excluding hydrogens is 84.1 g/mol. The standard InChI is InChI=1S/C4H8.C3H6/c1-3-4-2;1-3-2/h1-4H2;1-3H2. The molecule has 0 unspecified atom stereocenters. The van der Waals surface area contributed by atoms with Gasteiger partial charge in [0.15, 0.2) is 0 Å². The van der Waals surface area contributed by atoms with Crippen LogP contribution in [0.3, 0.4) is 0 Å². The minimum Gasteiger partial charge on any atom is -0.339 e. The fourth-order valence-corrected chi connectivity index (χ4v) is 0. The van der Waals surface area contributed by atoms with E-state index in [9.17, 15) is 0 Å². The molecule has 0 heterocycles. The maximum Gasteiger partial charge on any atom is 0.0587 e. The third-order valence-corrected chi connectivity index (χ3v) is 0.250. The molecule has 0 N–H and O–H groups in total. The van der Waals surface area contributed by atoms with Gasteiger partial charge in [0.1, 0.15) is 0 Å². The normalized spacial score (nSPS) is 6.57. The van der Waals surface area contributed by atoms with Crippen molar-refractivity contribution in [3.8, 4) is 0 Å². The average molecular weight is 98.2 g/mol. The van der Waals surface area contributed by atoms with E-state index in [1.54, 1.807) is 0 Å². The largest absolute Gasteiger partial charge is 0.339 e. The van der Waals surface area contributed by atoms with Crippen molar-refractivity contribution >= 4 is 0 Å². The molecule has 0 fully saturated rings. The van der Waals surface area contributed by atoms with Gasteiger partial charge in [-0.25, -0.2) is 0 Å². The van der Waals surface area contributed by atoms with E-state index < -0.39 is 0 Å². The lowest BCUT2D eigenvalue weighted by Crippen LogP contribution is -1.49. The van der Waals surface area contributed by atoms with Crippen molar-refractivity contribution in [1.82, 2.24) is 0 Å². The first-order chi connectivity index (χ1) is 3.33. The molecular formula is C7H14. The minimum atomic E-state index is 0.750. The van der Waals surface area contributed by atoms with Crippen LogP contribution in [0.5, 0.6) is 0 Å². The van der Waals surface area contributed by atoms with Gasteiger partial charge >= 0.3 is 0 Å². The summed E-state index contributed by atoms with van der Waals surface area (Å²) in [5, 5.41) is 0. The van der Waals surface area contributed by atoms with Crippen LogP contribution in [0.2, 0.25) is 0 Å². The lowest BCUT2D eigenvalue weighted by Gasteiger charge is -1.71. The van der Waals surface area contributed by atoms with Gasteiger partial charge in [-0.3, -0.25) is 6.92 Å². The Hall–Kier alpha value is -0.260. The molecule has 42 valence electrons. The first-order valence-corrected chi connectivity index (χ1v) is 2.50. The van der Waals surface area contributed by atoms with Crippen molar-refractivity contribution in [2.45, 2.75) is 19.3 Å². The van der Waals surface area contributed by atoms with Crippen LogP contribution >= 0.6 is 0 Å². The molecule has 0 aliphatic carbocycles. The van der Waals surface area contributed by atoms with Crippen molar-refractivity contribution in [2.75, 3.05) is 0 Å². The first kappa shape index (κ1) is 9.88. The van der Waals surface area contributed by atoms with E-state index in [1.807, 2.05) is 0 Å². The Labute approximate surface area is 47.9 Å². The van der Waals surface area contributed by atoms with E-state index in [-0.39, 0.29) is 0 Å². The molecule has 0 aliphatic rings. The van der Waals surface area contributed by atoms with E-state index in [2.05, 4.69) is 27.7 Å². The molecule has 0 amide bonds. The summed E-state index contributed by atoms with van der Waals surface area (Å²) in [5.74, 6) is 0. The number of unbranched alkanes of at least 4 members (excludes halogenated alkanes) is 1. The van der Waals surface area contributed by atoms with Crippen molar-refractivity contribution in [2.24, 2.45) is 0 Å². The molecule has 0 saturated heterocycles. The number of hydrogen-bond acceptors (Lipinski definition) is 0. The van der Waals surface area contributed by atoms with Crippen molar-refractivity contribution in [3.63, 3.8) is 0 Å². The highest BCUT2D eigenvalue weighted by Crippen LogP contribution is 1.75. The van der Waals surface area contributed by atoms with Gasteiger partial charge in [0.05, 0.1) is 13.3 Å². The highest BCUT2D eigenvalue weighted by atomic mass is 13.6. The minimum absolute atomic E-state index is 0.750. The first-order valence-electron chi connectivity index (χ1n) is 2.50. The van der Waals surface area contributed by atoms with Gasteiger partial charge in [-0.05, 0) is 6.42 Å². The summed E-state index contributed by atoms with van der Waals surface area (Å²) in [7, 11) is 0. The summed E-state index contributed by atoms with van der Waals surface area (Å²) in [6.07, 6.45) is 2.67. The number of hydrogen-bond donors (Lipinski definition) is 0. The molecule has 0 atom stereocenters. The van der Waals surface area contributed by atoms with E-state index in [0.29, 0.717) is 0 Å². The van der Waals surface area contributed by atoms with Crippen molar-refractivity contribution in [1.29, 1.82) is 0 Å². The monoisotopic (exact) mass is 98.1 g/mol. The Bertz CT molecular complexity index is 7.51. The lowest BCUT2D eigenvalue weighted by molar-refractivity contribution is 1.05. The fourth-order valence-electron chi connectivity index (χ4n) is 0. The van der Waals surface area contributed by atoms with Crippen LogP contribution in [-0.2, 0) is 0 Å². The zero-order chi connectivity index (χ0) is 6.12. The Kier molecular flexibility index (Phi) is 24.3. The molecule has 0 rings (SSSR count). The van der Waals surface area contributed by atoms with Crippen LogP contribution in [0, 0.1) is 27.7 Å². The summed E-state index contributed by atoms with van der Waals surface area (Å²) in [6, 6.07) is 0. The predicted molar refractivity (Wildman–Crippen MR) is 35.3 cm³/mol. The van der Waals surface area contributed by atoms with Gasteiger partial charge in [0, 0.05) is 6.92 Å². The molecule has 0 spiro atoms. The van der Waals surface area contributed by atoms with Crippen LogP contribution in [0.4, 0.5) is 0 Å². The van der Waals surface area contributed by atoms with Crippen molar-refractivity contribution in [3.05, 3.63) is 27.7 Å². The van der Waals surface area contributed by atoms with E-state index in [0.717, 1.165) is 19.3 Å².